The van der Waals surface area contributed by atoms with E-state index in [9.17, 15) is 0 Å². The first-order valence-corrected chi connectivity index (χ1v) is 6.72. The zero-order valence-electron chi connectivity index (χ0n) is 10.2. The highest BCUT2D eigenvalue weighted by Crippen LogP contribution is 2.20. The van der Waals surface area contributed by atoms with Crippen LogP contribution >= 0.6 is 0 Å². The van der Waals surface area contributed by atoms with Crippen LogP contribution in [-0.4, -0.2) is 17.6 Å². The molecule has 17 heavy (non-hydrogen) atoms. The van der Waals surface area contributed by atoms with Gasteiger partial charge in [0.15, 0.2) is 0 Å². The summed E-state index contributed by atoms with van der Waals surface area (Å²) in [6.07, 6.45) is 8.72. The summed E-state index contributed by atoms with van der Waals surface area (Å²) < 4.78 is 0. The van der Waals surface area contributed by atoms with E-state index in [1.807, 2.05) is 0 Å². The smallest absolute Gasteiger partial charge is 0.0456 e. The normalized spacial score (nSPS) is 20.8. The molecule has 1 atom stereocenters. The number of piperidine rings is 1. The third kappa shape index (κ3) is 2.37. The Labute approximate surface area is 102 Å². The van der Waals surface area contributed by atoms with E-state index in [0.29, 0.717) is 0 Å². The van der Waals surface area contributed by atoms with Gasteiger partial charge >= 0.3 is 0 Å². The molecule has 0 aliphatic carbocycles. The highest BCUT2D eigenvalue weighted by Gasteiger charge is 2.13. The number of rotatable bonds is 3. The summed E-state index contributed by atoms with van der Waals surface area (Å²) in [6.45, 7) is 1.21. The fourth-order valence-electron chi connectivity index (χ4n) is 2.84. The van der Waals surface area contributed by atoms with Crippen LogP contribution in [0, 0.1) is 0 Å². The maximum absolute atomic E-state index is 3.62. The summed E-state index contributed by atoms with van der Waals surface area (Å²) in [4.78, 5) is 3.36. The molecular formula is C15H20N2. The first kappa shape index (κ1) is 10.8. The van der Waals surface area contributed by atoms with Crippen LogP contribution < -0.4 is 5.32 Å². The molecule has 1 aromatic carbocycles. The summed E-state index contributed by atoms with van der Waals surface area (Å²) in [5, 5.41) is 5.01. The number of aryl methyl sites for hydroxylation is 1. The zero-order chi connectivity index (χ0) is 11.5. The highest BCUT2D eigenvalue weighted by molar-refractivity contribution is 5.82. The fourth-order valence-corrected chi connectivity index (χ4v) is 2.84. The van der Waals surface area contributed by atoms with Gasteiger partial charge in [0.25, 0.3) is 0 Å². The van der Waals surface area contributed by atoms with Gasteiger partial charge in [-0.2, -0.15) is 0 Å². The highest BCUT2D eigenvalue weighted by atomic mass is 14.9. The summed E-state index contributed by atoms with van der Waals surface area (Å²) >= 11 is 0. The minimum absolute atomic E-state index is 0.734. The SMILES string of the molecule is c1ccc2c(CCC3CCCCN3)c[nH]c2c1. The molecule has 0 amide bonds. The average molecular weight is 228 g/mol. The number of H-pyrrole nitrogens is 1. The number of hydrogen-bond acceptors (Lipinski definition) is 1. The van der Waals surface area contributed by atoms with Gasteiger partial charge < -0.3 is 10.3 Å². The van der Waals surface area contributed by atoms with Crippen molar-refractivity contribution < 1.29 is 0 Å². The number of aromatic nitrogens is 1. The van der Waals surface area contributed by atoms with Crippen molar-refractivity contribution in [1.29, 1.82) is 0 Å². The van der Waals surface area contributed by atoms with Crippen molar-refractivity contribution in [2.24, 2.45) is 0 Å². The van der Waals surface area contributed by atoms with Crippen molar-refractivity contribution >= 4 is 10.9 Å². The number of para-hydroxylation sites is 1. The topological polar surface area (TPSA) is 27.8 Å². The van der Waals surface area contributed by atoms with E-state index >= 15 is 0 Å². The molecule has 1 aliphatic rings. The molecule has 2 aromatic rings. The third-order valence-corrected chi connectivity index (χ3v) is 3.85. The Kier molecular flexibility index (Phi) is 3.14. The van der Waals surface area contributed by atoms with Crippen LogP contribution in [0.3, 0.4) is 0 Å². The van der Waals surface area contributed by atoms with E-state index in [1.54, 1.807) is 0 Å². The molecular weight excluding hydrogens is 208 g/mol. The number of hydrogen-bond donors (Lipinski definition) is 2. The van der Waals surface area contributed by atoms with Crippen LogP contribution in [0.15, 0.2) is 30.5 Å². The molecule has 0 spiro atoms. The first-order valence-electron chi connectivity index (χ1n) is 6.72. The molecule has 3 rings (SSSR count). The quantitative estimate of drug-likeness (QED) is 0.829. The largest absolute Gasteiger partial charge is 0.361 e. The van der Waals surface area contributed by atoms with Crippen LogP contribution in [0.2, 0.25) is 0 Å². The second-order valence-electron chi connectivity index (χ2n) is 5.05. The standard InChI is InChI=1S/C15H20N2/c1-2-7-15-14(6-1)12(11-17-15)8-9-13-5-3-4-10-16-13/h1-2,6-7,11,13,16-17H,3-5,8-10H2. The summed E-state index contributed by atoms with van der Waals surface area (Å²) in [5.74, 6) is 0. The Morgan fingerprint density at radius 1 is 1.18 bits per heavy atom. The van der Waals surface area contributed by atoms with Gasteiger partial charge in [-0.05, 0) is 43.9 Å². The van der Waals surface area contributed by atoms with Gasteiger partial charge in [-0.3, -0.25) is 0 Å². The van der Waals surface area contributed by atoms with Crippen LogP contribution in [0.25, 0.3) is 10.9 Å². The lowest BCUT2D eigenvalue weighted by Crippen LogP contribution is -2.34. The van der Waals surface area contributed by atoms with Gasteiger partial charge in [0.05, 0.1) is 0 Å². The van der Waals surface area contributed by atoms with E-state index < -0.39 is 0 Å². The van der Waals surface area contributed by atoms with Gasteiger partial charge in [0.1, 0.15) is 0 Å². The Morgan fingerprint density at radius 2 is 2.12 bits per heavy atom. The van der Waals surface area contributed by atoms with Crippen LogP contribution in [0.4, 0.5) is 0 Å². The summed E-state index contributed by atoms with van der Waals surface area (Å²) in [6, 6.07) is 9.31. The predicted octanol–water partition coefficient (Wildman–Crippen LogP) is 3.24. The molecule has 1 saturated heterocycles. The van der Waals surface area contributed by atoms with E-state index in [-0.39, 0.29) is 0 Å². The number of aromatic amines is 1. The van der Waals surface area contributed by atoms with Gasteiger partial charge in [-0.15, -0.1) is 0 Å². The molecule has 2 heteroatoms. The van der Waals surface area contributed by atoms with E-state index in [4.69, 9.17) is 0 Å². The van der Waals surface area contributed by atoms with Gasteiger partial charge in [-0.25, -0.2) is 0 Å². The number of fused-ring (bicyclic) bond motifs is 1. The van der Waals surface area contributed by atoms with Crippen molar-refractivity contribution in [1.82, 2.24) is 10.3 Å². The van der Waals surface area contributed by atoms with Crippen molar-refractivity contribution in [3.05, 3.63) is 36.0 Å². The van der Waals surface area contributed by atoms with Crippen molar-refractivity contribution in [3.8, 4) is 0 Å². The Morgan fingerprint density at radius 3 is 3.00 bits per heavy atom. The van der Waals surface area contributed by atoms with Crippen LogP contribution in [0.5, 0.6) is 0 Å². The molecule has 1 unspecified atom stereocenters. The molecule has 0 bridgehead atoms. The fraction of sp³-hybridized carbons (Fsp3) is 0.467. The second kappa shape index (κ2) is 4.92. The Balaban J connectivity index is 1.68. The minimum atomic E-state index is 0.734. The third-order valence-electron chi connectivity index (χ3n) is 3.85. The Bertz CT molecular complexity index is 480. The zero-order valence-corrected chi connectivity index (χ0v) is 10.2. The average Bonchev–Trinajstić information content (AvgIpc) is 2.81. The molecule has 1 fully saturated rings. The van der Waals surface area contributed by atoms with Crippen molar-refractivity contribution in [2.75, 3.05) is 6.54 Å². The van der Waals surface area contributed by atoms with Crippen molar-refractivity contribution in [3.63, 3.8) is 0 Å². The van der Waals surface area contributed by atoms with Crippen molar-refractivity contribution in [2.45, 2.75) is 38.1 Å². The molecule has 1 aromatic heterocycles. The summed E-state index contributed by atoms with van der Waals surface area (Å²) in [5.41, 5.74) is 2.73. The lowest BCUT2D eigenvalue weighted by atomic mass is 9.98. The van der Waals surface area contributed by atoms with Gasteiger partial charge in [0.2, 0.25) is 0 Å². The van der Waals surface area contributed by atoms with Crippen LogP contribution in [-0.2, 0) is 6.42 Å². The van der Waals surface area contributed by atoms with Gasteiger partial charge in [0, 0.05) is 23.1 Å². The molecule has 0 radical (unpaired) electrons. The number of benzene rings is 1. The van der Waals surface area contributed by atoms with Gasteiger partial charge in [-0.1, -0.05) is 24.6 Å². The molecule has 2 heterocycles. The molecule has 2 nitrogen and oxygen atoms in total. The number of nitrogens with one attached hydrogen (secondary N) is 2. The minimum Gasteiger partial charge on any atom is -0.361 e. The van der Waals surface area contributed by atoms with Crippen LogP contribution in [0.1, 0.15) is 31.2 Å². The maximum Gasteiger partial charge on any atom is 0.0456 e. The second-order valence-corrected chi connectivity index (χ2v) is 5.05. The van der Waals surface area contributed by atoms with E-state index in [1.165, 1.54) is 55.1 Å². The monoisotopic (exact) mass is 228 g/mol. The molecule has 1 aliphatic heterocycles. The molecule has 0 saturated carbocycles. The first-order chi connectivity index (χ1) is 8.43. The van der Waals surface area contributed by atoms with E-state index in [0.717, 1.165) is 6.04 Å². The lowest BCUT2D eigenvalue weighted by molar-refractivity contribution is 0.383. The lowest BCUT2D eigenvalue weighted by Gasteiger charge is -2.23. The maximum atomic E-state index is 3.62. The van der Waals surface area contributed by atoms with E-state index in [2.05, 4.69) is 40.8 Å². The molecule has 90 valence electrons. The summed E-state index contributed by atoms with van der Waals surface area (Å²) in [7, 11) is 0. The Hall–Kier alpha value is -1.28. The molecule has 2 N–H and O–H groups in total. The predicted molar refractivity (Wildman–Crippen MR) is 72.3 cm³/mol.